The van der Waals surface area contributed by atoms with Gasteiger partial charge in [-0.25, -0.2) is 13.1 Å². The maximum Gasteiger partial charge on any atom is 0.233 e. The van der Waals surface area contributed by atoms with Crippen molar-refractivity contribution in [2.45, 2.75) is 18.9 Å². The Bertz CT molecular complexity index is 621. The van der Waals surface area contributed by atoms with Gasteiger partial charge < -0.3 is 5.73 Å². The topological polar surface area (TPSA) is 92.5 Å². The highest BCUT2D eigenvalue weighted by Gasteiger charge is 2.22. The highest BCUT2D eigenvalue weighted by atomic mass is 32.2. The summed E-state index contributed by atoms with van der Waals surface area (Å²) in [5, 5.41) is 1.19. The van der Waals surface area contributed by atoms with E-state index in [1.165, 1.54) is 5.41 Å². The summed E-state index contributed by atoms with van der Waals surface area (Å²) in [6, 6.07) is 9.17. The van der Waals surface area contributed by atoms with Crippen LogP contribution in [0.5, 0.6) is 0 Å². The molecule has 0 aromatic heterocycles. The van der Waals surface area contributed by atoms with Crippen LogP contribution in [-0.4, -0.2) is 44.9 Å². The fourth-order valence-electron chi connectivity index (χ4n) is 2.43. The van der Waals surface area contributed by atoms with Crippen LogP contribution in [0.3, 0.4) is 0 Å². The van der Waals surface area contributed by atoms with E-state index in [0.29, 0.717) is 25.9 Å². The summed E-state index contributed by atoms with van der Waals surface area (Å²) in [6.07, 6.45) is 2.92. The number of carbonyl (C=O) groups is 1. The number of piperidine rings is 1. The maximum absolute atomic E-state index is 12.0. The molecule has 0 aliphatic carbocycles. The number of amides is 1. The second-order valence-corrected chi connectivity index (χ2v) is 6.99. The molecule has 0 unspecified atom stereocenters. The number of hydrogen-bond donors (Lipinski definition) is 2. The van der Waals surface area contributed by atoms with Crippen molar-refractivity contribution < 1.29 is 13.2 Å². The lowest BCUT2D eigenvalue weighted by molar-refractivity contribution is -0.119. The minimum Gasteiger partial charge on any atom is -0.369 e. The Morgan fingerprint density at radius 2 is 1.91 bits per heavy atom. The van der Waals surface area contributed by atoms with Crippen molar-refractivity contribution in [2.24, 2.45) is 5.73 Å². The summed E-state index contributed by atoms with van der Waals surface area (Å²) in [7, 11) is -3.46. The average Bonchev–Trinajstić information content (AvgIpc) is 2.48. The normalized spacial score (nSPS) is 17.8. The standard InChI is InChI=1S/C15H21N3O3S/c16-15(19)12-18-9-6-14(7-10-18)17-22(20,21)11-8-13-4-2-1-3-5-13/h1-5,8,11,14,17H,6-7,9-10,12H2,(H2,16,19)/b11-8+. The number of benzene rings is 1. The summed E-state index contributed by atoms with van der Waals surface area (Å²) >= 11 is 0. The second-order valence-electron chi connectivity index (χ2n) is 5.39. The molecule has 1 aliphatic rings. The van der Waals surface area contributed by atoms with Gasteiger partial charge in [0.25, 0.3) is 0 Å². The number of likely N-dealkylation sites (tertiary alicyclic amines) is 1. The van der Waals surface area contributed by atoms with E-state index >= 15 is 0 Å². The van der Waals surface area contributed by atoms with E-state index in [9.17, 15) is 13.2 Å². The van der Waals surface area contributed by atoms with Gasteiger partial charge in [0.2, 0.25) is 15.9 Å². The predicted molar refractivity (Wildman–Crippen MR) is 86.2 cm³/mol. The van der Waals surface area contributed by atoms with E-state index in [-0.39, 0.29) is 18.5 Å². The van der Waals surface area contributed by atoms with Gasteiger partial charge in [0.1, 0.15) is 0 Å². The zero-order valence-electron chi connectivity index (χ0n) is 12.3. The van der Waals surface area contributed by atoms with Crippen LogP contribution in [0.25, 0.3) is 6.08 Å². The lowest BCUT2D eigenvalue weighted by atomic mass is 10.1. The first-order valence-electron chi connectivity index (χ1n) is 7.21. The second kappa shape index (κ2) is 7.53. The highest BCUT2D eigenvalue weighted by molar-refractivity contribution is 7.92. The number of nitrogens with two attached hydrogens (primary N) is 1. The van der Waals surface area contributed by atoms with Gasteiger partial charge in [0.15, 0.2) is 0 Å². The largest absolute Gasteiger partial charge is 0.369 e. The van der Waals surface area contributed by atoms with Gasteiger partial charge in [0, 0.05) is 24.5 Å². The molecule has 6 nitrogen and oxygen atoms in total. The van der Waals surface area contributed by atoms with Crippen LogP contribution < -0.4 is 10.5 Å². The van der Waals surface area contributed by atoms with Crippen LogP contribution in [0.4, 0.5) is 0 Å². The molecule has 0 atom stereocenters. The number of nitrogens with one attached hydrogen (secondary N) is 1. The Hall–Kier alpha value is -1.70. The zero-order valence-corrected chi connectivity index (χ0v) is 13.1. The van der Waals surface area contributed by atoms with Crippen molar-refractivity contribution in [1.29, 1.82) is 0 Å². The lowest BCUT2D eigenvalue weighted by Gasteiger charge is -2.30. The quantitative estimate of drug-likeness (QED) is 0.798. The van der Waals surface area contributed by atoms with Crippen molar-refractivity contribution in [3.8, 4) is 0 Å². The van der Waals surface area contributed by atoms with Crippen LogP contribution in [0, 0.1) is 0 Å². The molecule has 1 amide bonds. The van der Waals surface area contributed by atoms with Crippen molar-refractivity contribution >= 4 is 22.0 Å². The molecular weight excluding hydrogens is 302 g/mol. The summed E-state index contributed by atoms with van der Waals surface area (Å²) in [4.78, 5) is 12.8. The smallest absolute Gasteiger partial charge is 0.233 e. The molecule has 1 aromatic carbocycles. The first kappa shape index (κ1) is 16.7. The van der Waals surface area contributed by atoms with Gasteiger partial charge in [-0.05, 0) is 24.5 Å². The SMILES string of the molecule is NC(=O)CN1CCC(NS(=O)(=O)/C=C/c2ccccc2)CC1. The van der Waals surface area contributed by atoms with E-state index in [1.807, 2.05) is 35.2 Å². The summed E-state index contributed by atoms with van der Waals surface area (Å²) in [5.74, 6) is -0.357. The Kier molecular flexibility index (Phi) is 5.70. The van der Waals surface area contributed by atoms with Crippen LogP contribution in [0.15, 0.2) is 35.7 Å². The molecule has 3 N–H and O–H groups in total. The van der Waals surface area contributed by atoms with E-state index < -0.39 is 10.0 Å². The fourth-order valence-corrected chi connectivity index (χ4v) is 3.55. The van der Waals surface area contributed by atoms with Crippen molar-refractivity contribution in [3.05, 3.63) is 41.3 Å². The number of rotatable bonds is 6. The molecule has 2 rings (SSSR count). The Labute approximate surface area is 131 Å². The summed E-state index contributed by atoms with van der Waals surface area (Å²) in [6.45, 7) is 1.56. The van der Waals surface area contributed by atoms with E-state index in [2.05, 4.69) is 4.72 Å². The van der Waals surface area contributed by atoms with E-state index in [4.69, 9.17) is 5.73 Å². The molecule has 0 spiro atoms. The van der Waals surface area contributed by atoms with Crippen molar-refractivity contribution in [3.63, 3.8) is 0 Å². The molecule has 0 bridgehead atoms. The third-order valence-corrected chi connectivity index (χ3v) is 4.69. The van der Waals surface area contributed by atoms with Crippen LogP contribution >= 0.6 is 0 Å². The molecule has 1 aromatic rings. The Morgan fingerprint density at radius 3 is 2.50 bits per heavy atom. The Morgan fingerprint density at radius 1 is 1.27 bits per heavy atom. The van der Waals surface area contributed by atoms with Crippen molar-refractivity contribution in [1.82, 2.24) is 9.62 Å². The highest BCUT2D eigenvalue weighted by Crippen LogP contribution is 2.12. The molecule has 1 fully saturated rings. The monoisotopic (exact) mass is 323 g/mol. The summed E-state index contributed by atoms with van der Waals surface area (Å²) < 4.78 is 26.8. The van der Waals surface area contributed by atoms with E-state index in [0.717, 1.165) is 5.56 Å². The molecule has 22 heavy (non-hydrogen) atoms. The molecular formula is C15H21N3O3S. The van der Waals surface area contributed by atoms with Crippen LogP contribution in [-0.2, 0) is 14.8 Å². The molecule has 1 saturated heterocycles. The third-order valence-electron chi connectivity index (χ3n) is 3.54. The van der Waals surface area contributed by atoms with Crippen LogP contribution in [0.1, 0.15) is 18.4 Å². The molecule has 1 aliphatic heterocycles. The molecule has 120 valence electrons. The minimum atomic E-state index is -3.46. The minimum absolute atomic E-state index is 0.102. The predicted octanol–water partition coefficient (Wildman–Crippen LogP) is 0.526. The number of carbonyl (C=O) groups excluding carboxylic acids is 1. The number of hydrogen-bond acceptors (Lipinski definition) is 4. The third kappa shape index (κ3) is 5.59. The van der Waals surface area contributed by atoms with Gasteiger partial charge in [-0.1, -0.05) is 30.3 Å². The first-order chi connectivity index (χ1) is 10.4. The lowest BCUT2D eigenvalue weighted by Crippen LogP contribution is -2.46. The van der Waals surface area contributed by atoms with Gasteiger partial charge in [0.05, 0.1) is 6.54 Å². The van der Waals surface area contributed by atoms with Gasteiger partial charge >= 0.3 is 0 Å². The fraction of sp³-hybridized carbons (Fsp3) is 0.400. The number of sulfonamides is 1. The first-order valence-corrected chi connectivity index (χ1v) is 8.75. The summed E-state index contributed by atoms with van der Waals surface area (Å²) in [5.41, 5.74) is 5.99. The average molecular weight is 323 g/mol. The number of nitrogens with zero attached hydrogens (tertiary/aromatic N) is 1. The Balaban J connectivity index is 1.85. The maximum atomic E-state index is 12.0. The zero-order chi connectivity index (χ0) is 16.0. The van der Waals surface area contributed by atoms with Gasteiger partial charge in [-0.15, -0.1) is 0 Å². The molecule has 0 saturated carbocycles. The van der Waals surface area contributed by atoms with Crippen molar-refractivity contribution in [2.75, 3.05) is 19.6 Å². The van der Waals surface area contributed by atoms with Crippen LogP contribution in [0.2, 0.25) is 0 Å². The van der Waals surface area contributed by atoms with E-state index in [1.54, 1.807) is 6.08 Å². The number of primary amides is 1. The molecule has 1 heterocycles. The van der Waals surface area contributed by atoms with Gasteiger partial charge in [-0.3, -0.25) is 9.69 Å². The molecule has 7 heteroatoms. The molecule has 0 radical (unpaired) electrons. The van der Waals surface area contributed by atoms with Gasteiger partial charge in [-0.2, -0.15) is 0 Å².